The maximum Gasteiger partial charge on any atom is 0.272 e. The van der Waals surface area contributed by atoms with Crippen LogP contribution in [0.4, 0.5) is 11.4 Å². The molecule has 1 aliphatic rings. The lowest BCUT2D eigenvalue weighted by molar-refractivity contribution is -0.384. The highest BCUT2D eigenvalue weighted by Gasteiger charge is 2.28. The lowest BCUT2D eigenvalue weighted by atomic mass is 10.1. The summed E-state index contributed by atoms with van der Waals surface area (Å²) < 4.78 is 18.2. The number of ether oxygens (including phenoxy) is 3. The third kappa shape index (κ3) is 5.65. The van der Waals surface area contributed by atoms with Gasteiger partial charge in [-0.25, -0.2) is 4.68 Å². The van der Waals surface area contributed by atoms with E-state index in [4.69, 9.17) is 19.3 Å². The average molecular weight is 558 g/mol. The molecule has 0 spiro atoms. The second kappa shape index (κ2) is 12.0. The molecular formula is C30H31N5O6. The van der Waals surface area contributed by atoms with Gasteiger partial charge in [-0.3, -0.25) is 14.9 Å². The Hall–Kier alpha value is -5.06. The van der Waals surface area contributed by atoms with Crippen molar-refractivity contribution in [1.29, 1.82) is 0 Å². The maximum absolute atomic E-state index is 13.9. The van der Waals surface area contributed by atoms with Gasteiger partial charge in [0.1, 0.15) is 22.9 Å². The first-order valence-corrected chi connectivity index (χ1v) is 13.3. The first-order chi connectivity index (χ1) is 19.9. The summed E-state index contributed by atoms with van der Waals surface area (Å²) in [7, 11) is 3.13. The first kappa shape index (κ1) is 27.5. The highest BCUT2D eigenvalue weighted by Crippen LogP contribution is 2.34. The zero-order chi connectivity index (χ0) is 28.9. The highest BCUT2D eigenvalue weighted by atomic mass is 16.6. The molecule has 1 amide bonds. The normalized spacial score (nSPS) is 13.1. The van der Waals surface area contributed by atoms with Crippen molar-refractivity contribution in [3.05, 3.63) is 88.6 Å². The van der Waals surface area contributed by atoms with E-state index in [-0.39, 0.29) is 11.6 Å². The third-order valence-electron chi connectivity index (χ3n) is 6.99. The quantitative estimate of drug-likeness (QED) is 0.213. The molecule has 3 aromatic carbocycles. The standard InChI is InChI=1S/C30H31N5O6/c1-4-41-28-8-6-5-7-26(28)32-15-17-33(18-16-32)30(36)27-20-25(24-14-13-23(39-2)19-29(24)40-3)31-34(27)21-9-11-22(12-10-21)35(37)38/h5-14,19-20H,4,15-18H2,1-3H3. The first-order valence-electron chi connectivity index (χ1n) is 13.3. The van der Waals surface area contributed by atoms with E-state index >= 15 is 0 Å². The summed E-state index contributed by atoms with van der Waals surface area (Å²) >= 11 is 0. The Balaban J connectivity index is 1.47. The van der Waals surface area contributed by atoms with E-state index in [0.29, 0.717) is 66.9 Å². The molecule has 41 heavy (non-hydrogen) atoms. The summed E-state index contributed by atoms with van der Waals surface area (Å²) in [6, 6.07) is 21.0. The highest BCUT2D eigenvalue weighted by molar-refractivity contribution is 5.95. The van der Waals surface area contributed by atoms with Gasteiger partial charge in [0.15, 0.2) is 0 Å². The van der Waals surface area contributed by atoms with Crippen LogP contribution >= 0.6 is 0 Å². The van der Waals surface area contributed by atoms with Gasteiger partial charge < -0.3 is 24.0 Å². The largest absolute Gasteiger partial charge is 0.497 e. The topological polar surface area (TPSA) is 112 Å². The monoisotopic (exact) mass is 557 g/mol. The molecule has 11 nitrogen and oxygen atoms in total. The molecular weight excluding hydrogens is 526 g/mol. The molecule has 11 heteroatoms. The minimum Gasteiger partial charge on any atom is -0.497 e. The number of methoxy groups -OCH3 is 2. The number of anilines is 1. The second-order valence-electron chi connectivity index (χ2n) is 9.35. The molecule has 0 N–H and O–H groups in total. The van der Waals surface area contributed by atoms with Crippen LogP contribution in [0.3, 0.4) is 0 Å². The lowest BCUT2D eigenvalue weighted by Gasteiger charge is -2.36. The van der Waals surface area contributed by atoms with Crippen molar-refractivity contribution in [2.75, 3.05) is 51.9 Å². The Morgan fingerprint density at radius 3 is 2.32 bits per heavy atom. The van der Waals surface area contributed by atoms with Crippen molar-refractivity contribution < 1.29 is 23.9 Å². The number of benzene rings is 3. The minimum atomic E-state index is -0.463. The van der Waals surface area contributed by atoms with Crippen molar-refractivity contribution in [3.63, 3.8) is 0 Å². The maximum atomic E-state index is 13.9. The number of carbonyl (C=O) groups is 1. The predicted octanol–water partition coefficient (Wildman–Crippen LogP) is 4.83. The van der Waals surface area contributed by atoms with Crippen molar-refractivity contribution in [3.8, 4) is 34.2 Å². The van der Waals surface area contributed by atoms with Crippen LogP contribution < -0.4 is 19.1 Å². The Kier molecular flexibility index (Phi) is 8.04. The third-order valence-corrected chi connectivity index (χ3v) is 6.99. The van der Waals surface area contributed by atoms with Gasteiger partial charge >= 0.3 is 0 Å². The molecule has 1 saturated heterocycles. The smallest absolute Gasteiger partial charge is 0.272 e. The number of rotatable bonds is 9. The van der Waals surface area contributed by atoms with Gasteiger partial charge in [0, 0.05) is 49.9 Å². The molecule has 0 atom stereocenters. The number of carbonyl (C=O) groups excluding carboxylic acids is 1. The minimum absolute atomic E-state index is 0.0470. The summed E-state index contributed by atoms with van der Waals surface area (Å²) in [6.45, 7) is 4.82. The molecule has 0 unspecified atom stereocenters. The number of nitro groups is 1. The van der Waals surface area contributed by atoms with Gasteiger partial charge in [-0.15, -0.1) is 0 Å². The molecule has 5 rings (SSSR count). The zero-order valence-corrected chi connectivity index (χ0v) is 23.1. The van der Waals surface area contributed by atoms with Crippen LogP contribution in [0.2, 0.25) is 0 Å². The lowest BCUT2D eigenvalue weighted by Crippen LogP contribution is -2.49. The molecule has 0 saturated carbocycles. The van der Waals surface area contributed by atoms with E-state index in [1.165, 1.54) is 16.8 Å². The van der Waals surface area contributed by atoms with Crippen LogP contribution in [0.1, 0.15) is 17.4 Å². The van der Waals surface area contributed by atoms with Crippen molar-refractivity contribution in [1.82, 2.24) is 14.7 Å². The Bertz CT molecular complexity index is 1540. The van der Waals surface area contributed by atoms with E-state index in [1.807, 2.05) is 37.3 Å². The van der Waals surface area contributed by atoms with Crippen LogP contribution in [-0.4, -0.2) is 72.5 Å². The Morgan fingerprint density at radius 1 is 0.927 bits per heavy atom. The zero-order valence-electron chi connectivity index (χ0n) is 23.1. The van der Waals surface area contributed by atoms with Gasteiger partial charge in [0.25, 0.3) is 11.6 Å². The van der Waals surface area contributed by atoms with Gasteiger partial charge in [0.05, 0.1) is 42.8 Å². The predicted molar refractivity (Wildman–Crippen MR) is 154 cm³/mol. The van der Waals surface area contributed by atoms with E-state index in [0.717, 1.165) is 11.4 Å². The number of amides is 1. The molecule has 1 aromatic heterocycles. The molecule has 0 radical (unpaired) electrons. The molecule has 1 fully saturated rings. The van der Waals surface area contributed by atoms with Crippen LogP contribution in [0.25, 0.3) is 16.9 Å². The van der Waals surface area contributed by atoms with Crippen molar-refractivity contribution in [2.24, 2.45) is 0 Å². The van der Waals surface area contributed by atoms with Crippen molar-refractivity contribution in [2.45, 2.75) is 6.92 Å². The van der Waals surface area contributed by atoms with Gasteiger partial charge in [-0.05, 0) is 49.4 Å². The van der Waals surface area contributed by atoms with E-state index in [2.05, 4.69) is 4.90 Å². The number of aromatic nitrogens is 2. The summed E-state index contributed by atoms with van der Waals surface area (Å²) in [4.78, 5) is 28.7. The summed E-state index contributed by atoms with van der Waals surface area (Å²) in [6.07, 6.45) is 0. The van der Waals surface area contributed by atoms with Crippen LogP contribution in [0.5, 0.6) is 17.2 Å². The van der Waals surface area contributed by atoms with E-state index < -0.39 is 4.92 Å². The van der Waals surface area contributed by atoms with Crippen LogP contribution in [0, 0.1) is 10.1 Å². The molecule has 1 aliphatic heterocycles. The fraction of sp³-hybridized carbons (Fsp3) is 0.267. The number of para-hydroxylation sites is 2. The number of hydrogen-bond acceptors (Lipinski definition) is 8. The average Bonchev–Trinajstić information content (AvgIpc) is 3.46. The number of piperazine rings is 1. The number of nitrogens with zero attached hydrogens (tertiary/aromatic N) is 5. The van der Waals surface area contributed by atoms with Crippen molar-refractivity contribution >= 4 is 17.3 Å². The SMILES string of the molecule is CCOc1ccccc1N1CCN(C(=O)c2cc(-c3ccc(OC)cc3OC)nn2-c2ccc([N+](=O)[O-])cc2)CC1. The molecule has 0 aliphatic carbocycles. The van der Waals surface area contributed by atoms with E-state index in [9.17, 15) is 14.9 Å². The molecule has 212 valence electrons. The van der Waals surface area contributed by atoms with Gasteiger partial charge in [-0.2, -0.15) is 5.10 Å². The summed E-state index contributed by atoms with van der Waals surface area (Å²) in [5.41, 5.74) is 3.04. The molecule has 0 bridgehead atoms. The Labute approximate surface area is 237 Å². The summed E-state index contributed by atoms with van der Waals surface area (Å²) in [5.74, 6) is 1.80. The van der Waals surface area contributed by atoms with Crippen LogP contribution in [0.15, 0.2) is 72.8 Å². The number of non-ortho nitro benzene ring substituents is 1. The molecule has 2 heterocycles. The number of hydrogen-bond donors (Lipinski definition) is 0. The van der Waals surface area contributed by atoms with E-state index in [1.54, 1.807) is 49.5 Å². The fourth-order valence-electron chi connectivity index (χ4n) is 4.90. The fourth-order valence-corrected chi connectivity index (χ4v) is 4.90. The Morgan fingerprint density at radius 2 is 1.66 bits per heavy atom. The molecule has 4 aromatic rings. The second-order valence-corrected chi connectivity index (χ2v) is 9.35. The number of nitro benzene ring substituents is 1. The van der Waals surface area contributed by atoms with Crippen LogP contribution in [-0.2, 0) is 0 Å². The summed E-state index contributed by atoms with van der Waals surface area (Å²) in [5, 5.41) is 16.0. The van der Waals surface area contributed by atoms with Gasteiger partial charge in [0.2, 0.25) is 0 Å². The van der Waals surface area contributed by atoms with Gasteiger partial charge in [-0.1, -0.05) is 12.1 Å².